The lowest BCUT2D eigenvalue weighted by atomic mass is 9.97. The van der Waals surface area contributed by atoms with E-state index in [-0.39, 0.29) is 12.1 Å². The summed E-state index contributed by atoms with van der Waals surface area (Å²) in [5.74, 6) is 0.446. The second-order valence-electron chi connectivity index (χ2n) is 9.13. The molecular weight excluding hydrogens is 442 g/mol. The van der Waals surface area contributed by atoms with E-state index in [0.29, 0.717) is 17.5 Å². The van der Waals surface area contributed by atoms with Gasteiger partial charge in [0.2, 0.25) is 0 Å². The van der Waals surface area contributed by atoms with Crippen molar-refractivity contribution in [3.05, 3.63) is 118 Å². The fourth-order valence-corrected chi connectivity index (χ4v) is 4.86. The highest BCUT2D eigenvalue weighted by Crippen LogP contribution is 2.37. The highest BCUT2D eigenvalue weighted by atomic mass is 35.5. The molecule has 0 bridgehead atoms. The summed E-state index contributed by atoms with van der Waals surface area (Å²) >= 11 is 6.33. The average molecular weight is 470 g/mol. The van der Waals surface area contributed by atoms with Crippen molar-refractivity contribution in [2.45, 2.75) is 39.3 Å². The van der Waals surface area contributed by atoms with E-state index in [1.807, 2.05) is 48.2 Å². The minimum absolute atomic E-state index is 0.159. The molecule has 1 aliphatic heterocycles. The lowest BCUT2D eigenvalue weighted by molar-refractivity contribution is 0.194. The smallest absolute Gasteiger partial charge is 0.318 e. The van der Waals surface area contributed by atoms with Crippen molar-refractivity contribution in [1.82, 2.24) is 9.47 Å². The van der Waals surface area contributed by atoms with Crippen LogP contribution in [0.3, 0.4) is 0 Å². The van der Waals surface area contributed by atoms with E-state index in [1.54, 1.807) is 0 Å². The predicted molar refractivity (Wildman–Crippen MR) is 139 cm³/mol. The minimum Gasteiger partial charge on any atom is -0.318 e. The van der Waals surface area contributed by atoms with Crippen LogP contribution in [0.4, 0.5) is 10.5 Å². The molecule has 34 heavy (non-hydrogen) atoms. The molecule has 1 aliphatic rings. The standard InChI is InChI=1S/C29H28ClN3O/c1-19(2)21-13-15-22(16-14-21)28-27-12-7-17-32(27)26-11-5-4-8-23(26)18-33(28)29(34)31-25-10-6-9-24(30)20(25)3/h4-17,19,28H,18H2,1-3H3,(H,31,34). The number of carbonyl (C=O) groups is 1. The number of aromatic nitrogens is 1. The maximum atomic E-state index is 13.8. The van der Waals surface area contributed by atoms with Crippen LogP contribution >= 0.6 is 11.6 Å². The minimum atomic E-state index is -0.247. The molecule has 1 unspecified atom stereocenters. The third-order valence-corrected chi connectivity index (χ3v) is 7.06. The quantitative estimate of drug-likeness (QED) is 0.328. The van der Waals surface area contributed by atoms with Gasteiger partial charge >= 0.3 is 6.03 Å². The summed E-state index contributed by atoms with van der Waals surface area (Å²) in [6.45, 7) is 6.79. The predicted octanol–water partition coefficient (Wildman–Crippen LogP) is 7.70. The SMILES string of the molecule is Cc1c(Cl)cccc1NC(=O)N1Cc2ccccc2-n2cccc2C1c1ccc(C(C)C)cc1. The molecule has 0 fully saturated rings. The number of hydrogen-bond donors (Lipinski definition) is 1. The third-order valence-electron chi connectivity index (χ3n) is 6.65. The van der Waals surface area contributed by atoms with Gasteiger partial charge in [-0.25, -0.2) is 4.79 Å². The summed E-state index contributed by atoms with van der Waals surface area (Å²) in [5.41, 5.74) is 7.19. The molecule has 0 spiro atoms. The first-order valence-electron chi connectivity index (χ1n) is 11.6. The molecule has 1 atom stereocenters. The maximum Gasteiger partial charge on any atom is 0.322 e. The van der Waals surface area contributed by atoms with E-state index >= 15 is 0 Å². The number of urea groups is 1. The Morgan fingerprint density at radius 1 is 0.971 bits per heavy atom. The summed E-state index contributed by atoms with van der Waals surface area (Å²) in [6.07, 6.45) is 2.08. The zero-order chi connectivity index (χ0) is 23.8. The first-order valence-corrected chi connectivity index (χ1v) is 12.0. The van der Waals surface area contributed by atoms with Crippen LogP contribution in [0, 0.1) is 6.92 Å². The number of benzene rings is 3. The summed E-state index contributed by atoms with van der Waals surface area (Å²) in [6, 6.07) is 26.2. The Bertz CT molecular complexity index is 1340. The molecule has 2 heterocycles. The number of fused-ring (bicyclic) bond motifs is 3. The highest BCUT2D eigenvalue weighted by molar-refractivity contribution is 6.31. The Morgan fingerprint density at radius 3 is 2.50 bits per heavy atom. The van der Waals surface area contributed by atoms with Gasteiger partial charge in [0.25, 0.3) is 0 Å². The molecule has 5 rings (SSSR count). The van der Waals surface area contributed by atoms with E-state index in [9.17, 15) is 4.79 Å². The number of halogens is 1. The van der Waals surface area contributed by atoms with Gasteiger partial charge < -0.3 is 14.8 Å². The molecular formula is C29H28ClN3O. The number of nitrogens with one attached hydrogen (secondary N) is 1. The molecule has 3 aromatic carbocycles. The molecule has 0 aliphatic carbocycles. The van der Waals surface area contributed by atoms with Gasteiger partial charge in [0, 0.05) is 22.6 Å². The van der Waals surface area contributed by atoms with Gasteiger partial charge in [0.1, 0.15) is 0 Å². The topological polar surface area (TPSA) is 37.3 Å². The Kier molecular flexibility index (Phi) is 5.93. The normalized spacial score (nSPS) is 15.0. The number of rotatable bonds is 3. The van der Waals surface area contributed by atoms with Crippen LogP contribution in [0.15, 0.2) is 85.1 Å². The number of para-hydroxylation sites is 1. The number of nitrogens with zero attached hydrogens (tertiary/aromatic N) is 2. The van der Waals surface area contributed by atoms with Gasteiger partial charge in [-0.2, -0.15) is 0 Å². The lowest BCUT2D eigenvalue weighted by Crippen LogP contribution is -2.38. The van der Waals surface area contributed by atoms with Crippen molar-refractivity contribution < 1.29 is 4.79 Å². The van der Waals surface area contributed by atoms with E-state index in [0.717, 1.165) is 33.8 Å². The number of anilines is 1. The highest BCUT2D eigenvalue weighted by Gasteiger charge is 2.33. The maximum absolute atomic E-state index is 13.8. The van der Waals surface area contributed by atoms with Crippen LogP contribution < -0.4 is 5.32 Å². The van der Waals surface area contributed by atoms with E-state index in [4.69, 9.17) is 11.6 Å². The molecule has 1 N–H and O–H groups in total. The van der Waals surface area contributed by atoms with Gasteiger partial charge in [0.05, 0.1) is 18.3 Å². The Balaban J connectivity index is 1.62. The van der Waals surface area contributed by atoms with Gasteiger partial charge in [-0.1, -0.05) is 74.0 Å². The van der Waals surface area contributed by atoms with Gasteiger partial charge in [-0.3, -0.25) is 0 Å². The van der Waals surface area contributed by atoms with Crippen molar-refractivity contribution >= 4 is 23.3 Å². The van der Waals surface area contributed by atoms with Crippen LogP contribution in [0.2, 0.25) is 5.02 Å². The van der Waals surface area contributed by atoms with E-state index in [2.05, 4.69) is 72.4 Å². The molecule has 1 aromatic heterocycles. The monoisotopic (exact) mass is 469 g/mol. The molecule has 0 saturated heterocycles. The Morgan fingerprint density at radius 2 is 1.74 bits per heavy atom. The van der Waals surface area contributed by atoms with Crippen LogP contribution in [0.25, 0.3) is 5.69 Å². The zero-order valence-electron chi connectivity index (χ0n) is 19.6. The zero-order valence-corrected chi connectivity index (χ0v) is 20.4. The summed E-state index contributed by atoms with van der Waals surface area (Å²) in [5, 5.41) is 3.76. The second kappa shape index (κ2) is 9.03. The lowest BCUT2D eigenvalue weighted by Gasteiger charge is -2.31. The van der Waals surface area contributed by atoms with Crippen LogP contribution in [0.5, 0.6) is 0 Å². The first kappa shape index (κ1) is 22.3. The van der Waals surface area contributed by atoms with Crippen molar-refractivity contribution in [1.29, 1.82) is 0 Å². The van der Waals surface area contributed by atoms with Crippen LogP contribution in [0.1, 0.15) is 53.8 Å². The van der Waals surface area contributed by atoms with Crippen LogP contribution in [-0.2, 0) is 6.54 Å². The number of amides is 2. The van der Waals surface area contributed by atoms with E-state index < -0.39 is 0 Å². The molecule has 0 saturated carbocycles. The molecule has 2 amide bonds. The second-order valence-corrected chi connectivity index (χ2v) is 9.53. The Labute approximate surface area is 205 Å². The molecule has 4 aromatic rings. The van der Waals surface area contributed by atoms with Crippen LogP contribution in [-0.4, -0.2) is 15.5 Å². The Hall–Kier alpha value is -3.50. The fourth-order valence-electron chi connectivity index (χ4n) is 4.68. The van der Waals surface area contributed by atoms with E-state index in [1.165, 1.54) is 5.56 Å². The first-order chi connectivity index (χ1) is 16.4. The largest absolute Gasteiger partial charge is 0.322 e. The third kappa shape index (κ3) is 3.99. The fraction of sp³-hybridized carbons (Fsp3) is 0.207. The van der Waals surface area contributed by atoms with Gasteiger partial charge in [-0.05, 0) is 65.4 Å². The van der Waals surface area contributed by atoms with Gasteiger partial charge in [0.15, 0.2) is 0 Å². The van der Waals surface area contributed by atoms with Crippen molar-refractivity contribution in [3.63, 3.8) is 0 Å². The molecule has 172 valence electrons. The summed E-state index contributed by atoms with van der Waals surface area (Å²) < 4.78 is 2.20. The summed E-state index contributed by atoms with van der Waals surface area (Å²) in [4.78, 5) is 15.8. The molecule has 4 nitrogen and oxygen atoms in total. The summed E-state index contributed by atoms with van der Waals surface area (Å²) in [7, 11) is 0. The van der Waals surface area contributed by atoms with Crippen molar-refractivity contribution in [3.8, 4) is 5.69 Å². The molecule has 0 radical (unpaired) electrons. The van der Waals surface area contributed by atoms with Gasteiger partial charge in [-0.15, -0.1) is 0 Å². The number of hydrogen-bond acceptors (Lipinski definition) is 1. The van der Waals surface area contributed by atoms with Crippen molar-refractivity contribution in [2.75, 3.05) is 5.32 Å². The molecule has 5 heteroatoms. The number of carbonyl (C=O) groups excluding carboxylic acids is 1. The van der Waals surface area contributed by atoms with Crippen molar-refractivity contribution in [2.24, 2.45) is 0 Å². The average Bonchev–Trinajstić information content (AvgIpc) is 3.26.